The Balaban J connectivity index is 0.776. The van der Waals surface area contributed by atoms with Gasteiger partial charge < -0.3 is 45.1 Å². The van der Waals surface area contributed by atoms with Gasteiger partial charge in [0.25, 0.3) is 5.91 Å². The van der Waals surface area contributed by atoms with Crippen LogP contribution in [-0.2, 0) is 31.0 Å². The number of nitrogens with one attached hydrogen (secondary N) is 4. The molecule has 4 atom stereocenters. The van der Waals surface area contributed by atoms with Crippen LogP contribution in [0.5, 0.6) is 5.75 Å². The monoisotopic (exact) mass is 1120 g/mol. The van der Waals surface area contributed by atoms with Crippen LogP contribution in [-0.4, -0.2) is 117 Å². The fourth-order valence-corrected chi connectivity index (χ4v) is 11.0. The maximum atomic E-state index is 16.2. The number of hydrogen-bond donors (Lipinski definition) is 4. The summed E-state index contributed by atoms with van der Waals surface area (Å²) >= 11 is 12.5. The topological polar surface area (TPSA) is 190 Å². The lowest BCUT2D eigenvalue weighted by Crippen LogP contribution is -2.45. The minimum Gasteiger partial charge on any atom is -0.495 e. The lowest BCUT2D eigenvalue weighted by molar-refractivity contribution is -0.118. The van der Waals surface area contributed by atoms with Crippen molar-refractivity contribution in [3.63, 3.8) is 0 Å². The standard InChI is InChI=1S/C59H68Cl2F2N10O6/c1-58(2,3)33-50-59(36-64,44-21-16-39(60)32-46(44)62)51(42-13-10-14-45(61)52(42)63)53(71-50)55(75)69-48-31-38(15-22-49(48)76-6)54(74)65-25-26-77-27-28-78-29-30-79-41-19-17-40(18-20-41)68-57-66-24-23-47(70-57)43-34-67-73(56(43)72(4)5)35-37-11-8-7-9-12-37/h7-16,21-24,31-32,34,40-41,50-51,53,71H,17-20,25-30,33,35H2,1-6H3,(H,65,74)(H,69,75)(H,66,68,70)/t40?,41?,50?,51-,53+,59-/m0/s1. The van der Waals surface area contributed by atoms with Crippen LogP contribution >= 0.6 is 23.2 Å². The van der Waals surface area contributed by atoms with Crippen LogP contribution in [0.3, 0.4) is 0 Å². The van der Waals surface area contributed by atoms with Gasteiger partial charge in [0.15, 0.2) is 0 Å². The molecule has 6 aromatic rings. The minimum atomic E-state index is -1.83. The second kappa shape index (κ2) is 26.5. The summed E-state index contributed by atoms with van der Waals surface area (Å²) in [7, 11) is 5.43. The van der Waals surface area contributed by atoms with Gasteiger partial charge in [-0.05, 0) is 91.1 Å². The first-order valence-corrected chi connectivity index (χ1v) is 27.2. The van der Waals surface area contributed by atoms with Crippen LogP contribution < -0.4 is 30.9 Å². The molecule has 3 heterocycles. The number of benzene rings is 4. The van der Waals surface area contributed by atoms with Gasteiger partial charge in [-0.1, -0.05) is 92.5 Å². The molecule has 1 aliphatic heterocycles. The first-order valence-electron chi connectivity index (χ1n) is 26.5. The zero-order valence-corrected chi connectivity index (χ0v) is 46.8. The van der Waals surface area contributed by atoms with Crippen molar-refractivity contribution in [2.45, 2.75) is 95.0 Å². The van der Waals surface area contributed by atoms with Crippen molar-refractivity contribution in [3.8, 4) is 23.1 Å². The highest BCUT2D eigenvalue weighted by Gasteiger charge is 2.61. The van der Waals surface area contributed by atoms with Crippen molar-refractivity contribution < 1.29 is 37.3 Å². The molecule has 2 fully saturated rings. The van der Waals surface area contributed by atoms with Crippen molar-refractivity contribution in [1.82, 2.24) is 30.4 Å². The Morgan fingerprint density at radius 1 is 0.924 bits per heavy atom. The Bertz CT molecular complexity index is 3090. The van der Waals surface area contributed by atoms with E-state index in [0.29, 0.717) is 38.9 Å². The molecule has 2 amide bonds. The number of nitriles is 1. The molecule has 0 bridgehead atoms. The van der Waals surface area contributed by atoms with Gasteiger partial charge in [0.05, 0.1) is 93.1 Å². The molecule has 4 aromatic carbocycles. The Morgan fingerprint density at radius 2 is 1.67 bits per heavy atom. The molecular formula is C59H68Cl2F2N10O6. The van der Waals surface area contributed by atoms with Gasteiger partial charge in [0.1, 0.15) is 28.6 Å². The maximum Gasteiger partial charge on any atom is 0.251 e. The van der Waals surface area contributed by atoms with Crippen molar-refractivity contribution in [2.24, 2.45) is 5.41 Å². The normalized spacial score (nSPS) is 20.1. The quantitative estimate of drug-likeness (QED) is 0.0444. The number of ether oxygens (including phenoxy) is 4. The molecule has 1 saturated carbocycles. The summed E-state index contributed by atoms with van der Waals surface area (Å²) in [5.41, 5.74) is 0.892. The third-order valence-corrected chi connectivity index (χ3v) is 14.8. The van der Waals surface area contributed by atoms with Gasteiger partial charge >= 0.3 is 0 Å². The van der Waals surface area contributed by atoms with Crippen LogP contribution in [0.25, 0.3) is 11.3 Å². The van der Waals surface area contributed by atoms with E-state index in [4.69, 9.17) is 52.2 Å². The van der Waals surface area contributed by atoms with Gasteiger partial charge in [0.2, 0.25) is 11.9 Å². The smallest absolute Gasteiger partial charge is 0.251 e. The molecule has 1 unspecified atom stereocenters. The fourth-order valence-electron chi connectivity index (χ4n) is 10.7. The van der Waals surface area contributed by atoms with Crippen molar-refractivity contribution in [1.29, 1.82) is 5.26 Å². The number of anilines is 3. The number of hydrogen-bond acceptors (Lipinski definition) is 13. The highest BCUT2D eigenvalue weighted by atomic mass is 35.5. The number of amides is 2. The van der Waals surface area contributed by atoms with Crippen molar-refractivity contribution in [3.05, 3.63) is 147 Å². The molecule has 1 saturated heterocycles. The molecule has 2 aromatic heterocycles. The molecule has 79 heavy (non-hydrogen) atoms. The largest absolute Gasteiger partial charge is 0.495 e. The summed E-state index contributed by atoms with van der Waals surface area (Å²) in [5, 5.41) is 28.3. The predicted molar refractivity (Wildman–Crippen MR) is 302 cm³/mol. The summed E-state index contributed by atoms with van der Waals surface area (Å²) < 4.78 is 57.5. The van der Waals surface area contributed by atoms with Gasteiger partial charge in [0, 0.05) is 61.0 Å². The van der Waals surface area contributed by atoms with Gasteiger partial charge in [-0.15, -0.1) is 0 Å². The van der Waals surface area contributed by atoms with Crippen LogP contribution in [0.1, 0.15) is 85.8 Å². The van der Waals surface area contributed by atoms with E-state index < -0.39 is 52.3 Å². The van der Waals surface area contributed by atoms with Crippen LogP contribution in [0.4, 0.5) is 26.2 Å². The number of methoxy groups -OCH3 is 1. The summed E-state index contributed by atoms with van der Waals surface area (Å²) in [6, 6.07) is 25.4. The van der Waals surface area contributed by atoms with Gasteiger partial charge in [-0.25, -0.2) is 23.4 Å². The number of nitrogens with zero attached hydrogens (tertiary/aromatic N) is 6. The molecule has 2 aliphatic rings. The number of halogens is 4. The molecule has 4 N–H and O–H groups in total. The first kappa shape index (κ1) is 58.4. The van der Waals surface area contributed by atoms with Gasteiger partial charge in [-0.3, -0.25) is 9.59 Å². The number of rotatable bonds is 23. The highest BCUT2D eigenvalue weighted by molar-refractivity contribution is 6.31. The number of carbonyl (C=O) groups excluding carboxylic acids is 2. The average Bonchev–Trinajstić information content (AvgIpc) is 3.51. The fraction of sp³-hybridized carbons (Fsp3) is 0.424. The SMILES string of the molecule is COc1ccc(C(=O)NCCOCCOCCOC2CCC(Nc3nccc(-c4cnn(Cc5ccccc5)c4N(C)C)n3)CC2)cc1NC(=O)[C@@H]1NC(CC(C)(C)C)[C@](C#N)(c2ccc(Cl)cc2F)[C@H]1c1cccc(Cl)c1F. The van der Waals surface area contributed by atoms with Crippen LogP contribution in [0, 0.1) is 28.4 Å². The molecule has 0 radical (unpaired) electrons. The molecule has 20 heteroatoms. The van der Waals surface area contributed by atoms with Crippen molar-refractivity contribution >= 4 is 52.5 Å². The van der Waals surface area contributed by atoms with E-state index in [1.165, 1.54) is 55.1 Å². The van der Waals surface area contributed by atoms with E-state index in [2.05, 4.69) is 49.4 Å². The summed E-state index contributed by atoms with van der Waals surface area (Å²) in [5.74, 6) is -2.25. The lowest BCUT2D eigenvalue weighted by Gasteiger charge is -2.37. The third-order valence-electron chi connectivity index (χ3n) is 14.3. The minimum absolute atomic E-state index is 0.0487. The molecule has 8 rings (SSSR count). The molecular weight excluding hydrogens is 1050 g/mol. The lowest BCUT2D eigenvalue weighted by atomic mass is 9.62. The Hall–Kier alpha value is -6.72. The number of carbonyl (C=O) groups is 2. The average molecular weight is 1120 g/mol. The summed E-state index contributed by atoms with van der Waals surface area (Å²) in [4.78, 5) is 39.5. The molecule has 0 spiro atoms. The zero-order valence-electron chi connectivity index (χ0n) is 45.3. The van der Waals surface area contributed by atoms with E-state index in [0.717, 1.165) is 48.8 Å². The van der Waals surface area contributed by atoms with E-state index in [-0.39, 0.29) is 69.9 Å². The zero-order chi connectivity index (χ0) is 56.3. The highest BCUT2D eigenvalue weighted by Crippen LogP contribution is 2.53. The predicted octanol–water partition coefficient (Wildman–Crippen LogP) is 10.2. The van der Waals surface area contributed by atoms with Gasteiger partial charge in [-0.2, -0.15) is 10.4 Å². The van der Waals surface area contributed by atoms with E-state index in [9.17, 15) is 14.9 Å². The van der Waals surface area contributed by atoms with Crippen molar-refractivity contribution in [2.75, 3.05) is 76.3 Å². The molecule has 1 aliphatic carbocycles. The maximum absolute atomic E-state index is 16.2. The first-order chi connectivity index (χ1) is 38.0. The van der Waals surface area contributed by atoms with E-state index >= 15 is 8.78 Å². The van der Waals surface area contributed by atoms with Crippen LogP contribution in [0.2, 0.25) is 10.0 Å². The Kier molecular flexibility index (Phi) is 19.6. The second-order valence-electron chi connectivity index (χ2n) is 21.2. The molecule has 16 nitrogen and oxygen atoms in total. The molecule has 418 valence electrons. The Morgan fingerprint density at radius 3 is 2.38 bits per heavy atom. The summed E-state index contributed by atoms with van der Waals surface area (Å²) in [6.07, 6.45) is 7.71. The number of aromatic nitrogens is 4. The van der Waals surface area contributed by atoms with Crippen LogP contribution in [0.15, 0.2) is 103 Å². The Labute approximate surface area is 470 Å². The van der Waals surface area contributed by atoms with E-state index in [1.807, 2.05) is 70.0 Å². The van der Waals surface area contributed by atoms with E-state index in [1.54, 1.807) is 12.3 Å². The second-order valence-corrected chi connectivity index (χ2v) is 22.1. The summed E-state index contributed by atoms with van der Waals surface area (Å²) in [6.45, 7) is 8.45. The third kappa shape index (κ3) is 14.2.